The lowest BCUT2D eigenvalue weighted by atomic mass is 9.81. The Morgan fingerprint density at radius 1 is 1.16 bits per heavy atom. The molecule has 1 atom stereocenters. The van der Waals surface area contributed by atoms with Crippen LogP contribution in [0.15, 0.2) is 18.3 Å². The average Bonchev–Trinajstić information content (AvgIpc) is 3.58. The predicted molar refractivity (Wildman–Crippen MR) is 162 cm³/mol. The molecule has 3 fully saturated rings. The number of halogens is 5. The Labute approximate surface area is 265 Å². The topological polar surface area (TPSA) is 110 Å². The number of carbonyl (C=O) groups excluding carboxylic acids is 2. The maximum atomic E-state index is 14.9. The number of alkyl halides is 3. The number of nitrogens with one attached hydrogen (secondary N) is 1. The summed E-state index contributed by atoms with van der Waals surface area (Å²) in [7, 11) is -1.35. The van der Waals surface area contributed by atoms with Crippen LogP contribution in [0.25, 0.3) is 11.3 Å². The van der Waals surface area contributed by atoms with E-state index in [1.807, 2.05) is 0 Å². The van der Waals surface area contributed by atoms with Crippen LogP contribution in [0, 0.1) is 11.7 Å². The van der Waals surface area contributed by atoms with E-state index >= 15 is 0 Å². The van der Waals surface area contributed by atoms with Crippen LogP contribution in [0.2, 0.25) is 30.8 Å². The van der Waals surface area contributed by atoms with E-state index in [1.165, 1.54) is 16.8 Å². The van der Waals surface area contributed by atoms with E-state index in [0.717, 1.165) is 12.2 Å². The van der Waals surface area contributed by atoms with Gasteiger partial charge in [-0.05, 0) is 69.5 Å². The first-order valence-electron chi connectivity index (χ1n) is 15.4. The molecular weight excluding hydrogens is 634 g/mol. The molecule has 1 aliphatic heterocycles. The number of pyridine rings is 1. The number of piperidine rings is 1. The largest absolute Gasteiger partial charge is 0.417 e. The van der Waals surface area contributed by atoms with Crippen molar-refractivity contribution in [1.29, 1.82) is 0 Å². The maximum absolute atomic E-state index is 14.9. The molecule has 1 spiro atoms. The van der Waals surface area contributed by atoms with Crippen LogP contribution >= 0.6 is 11.6 Å². The molecule has 1 saturated heterocycles. The third kappa shape index (κ3) is 7.55. The Morgan fingerprint density at radius 3 is 2.47 bits per heavy atom. The summed E-state index contributed by atoms with van der Waals surface area (Å²) < 4.78 is 61.7. The second-order valence-electron chi connectivity index (χ2n) is 13.9. The Balaban J connectivity index is 1.26. The van der Waals surface area contributed by atoms with E-state index in [2.05, 4.69) is 35.0 Å². The number of hydrogen-bond donors (Lipinski definition) is 2. The predicted octanol–water partition coefficient (Wildman–Crippen LogP) is 5.79. The highest BCUT2D eigenvalue weighted by molar-refractivity contribution is 6.76. The van der Waals surface area contributed by atoms with E-state index in [1.54, 1.807) is 4.90 Å². The van der Waals surface area contributed by atoms with Gasteiger partial charge in [0.05, 0.1) is 11.9 Å². The smallest absolute Gasteiger partial charge is 0.380 e. The molecule has 2 aromatic rings. The number of nitrogens with zero attached hydrogens (tertiary/aromatic N) is 4. The summed E-state index contributed by atoms with van der Waals surface area (Å²) in [4.78, 5) is 32.6. The average molecular weight is 674 g/mol. The second kappa shape index (κ2) is 12.6. The number of likely N-dealkylation sites (tertiary alicyclic amines) is 1. The van der Waals surface area contributed by atoms with Crippen LogP contribution in [-0.4, -0.2) is 81.2 Å². The molecule has 2 aromatic heterocycles. The van der Waals surface area contributed by atoms with Crippen LogP contribution in [0.3, 0.4) is 0 Å². The van der Waals surface area contributed by atoms with Crippen LogP contribution in [0.4, 0.5) is 17.6 Å². The van der Waals surface area contributed by atoms with Crippen LogP contribution in [0.1, 0.15) is 61.9 Å². The Hall–Kier alpha value is -2.55. The molecule has 0 radical (unpaired) electrons. The molecule has 2 aliphatic carbocycles. The summed E-state index contributed by atoms with van der Waals surface area (Å²) in [5, 5.41) is 17.4. The van der Waals surface area contributed by atoms with Crippen molar-refractivity contribution in [1.82, 2.24) is 25.0 Å². The van der Waals surface area contributed by atoms with E-state index in [9.17, 15) is 32.3 Å². The second-order valence-corrected chi connectivity index (χ2v) is 19.9. The van der Waals surface area contributed by atoms with Crippen molar-refractivity contribution in [3.8, 4) is 11.3 Å². The van der Waals surface area contributed by atoms with Gasteiger partial charge < -0.3 is 20.1 Å². The van der Waals surface area contributed by atoms with Crippen molar-refractivity contribution in [2.45, 2.75) is 107 Å². The summed E-state index contributed by atoms with van der Waals surface area (Å²) in [6.45, 7) is 7.51. The van der Waals surface area contributed by atoms with Gasteiger partial charge in [-0.1, -0.05) is 31.2 Å². The number of rotatable bonds is 9. The molecule has 0 aromatic carbocycles. The SMILES string of the molecule is C[Si](C)(C)CCOCn1nc(C(=O)N2CCC(C(=O)NC3CCC(O)(C(F)(F)F)CC3)CC23CC3)cc1-c1cc(Cl)ncc1F. The molecular formula is C30H40ClF4N5O4Si. The minimum atomic E-state index is -4.70. The van der Waals surface area contributed by atoms with Gasteiger partial charge in [0, 0.05) is 44.3 Å². The van der Waals surface area contributed by atoms with Crippen molar-refractivity contribution >= 4 is 31.5 Å². The first kappa shape index (κ1) is 33.8. The minimum absolute atomic E-state index is 0.0153. The van der Waals surface area contributed by atoms with Crippen LogP contribution in [-0.2, 0) is 16.3 Å². The zero-order valence-electron chi connectivity index (χ0n) is 25.7. The first-order valence-corrected chi connectivity index (χ1v) is 19.5. The van der Waals surface area contributed by atoms with Crippen molar-refractivity contribution in [3.63, 3.8) is 0 Å². The molecule has 248 valence electrons. The van der Waals surface area contributed by atoms with Crippen molar-refractivity contribution < 1.29 is 37.0 Å². The van der Waals surface area contributed by atoms with E-state index in [4.69, 9.17) is 16.3 Å². The Kier molecular flexibility index (Phi) is 9.44. The summed E-state index contributed by atoms with van der Waals surface area (Å²) in [6.07, 6.45) is -2.25. The number of amides is 2. The lowest BCUT2D eigenvalue weighted by molar-refractivity contribution is -0.270. The molecule has 15 heteroatoms. The number of aromatic nitrogens is 3. The Bertz CT molecular complexity index is 1420. The fourth-order valence-electron chi connectivity index (χ4n) is 6.31. The summed E-state index contributed by atoms with van der Waals surface area (Å²) in [5.74, 6) is -1.57. The van der Waals surface area contributed by atoms with Gasteiger partial charge in [0.15, 0.2) is 17.1 Å². The van der Waals surface area contributed by atoms with Crippen molar-refractivity contribution in [2.75, 3.05) is 13.2 Å². The maximum Gasteiger partial charge on any atom is 0.417 e. The van der Waals surface area contributed by atoms with E-state index in [0.29, 0.717) is 44.5 Å². The molecule has 2 amide bonds. The van der Waals surface area contributed by atoms with Gasteiger partial charge in [0.25, 0.3) is 5.91 Å². The van der Waals surface area contributed by atoms with Gasteiger partial charge in [0.2, 0.25) is 5.91 Å². The van der Waals surface area contributed by atoms with Gasteiger partial charge >= 0.3 is 6.18 Å². The van der Waals surface area contributed by atoms with E-state index < -0.39 is 50.1 Å². The highest BCUT2D eigenvalue weighted by Gasteiger charge is 2.56. The van der Waals surface area contributed by atoms with Gasteiger partial charge in [-0.25, -0.2) is 14.1 Å². The summed E-state index contributed by atoms with van der Waals surface area (Å²) >= 11 is 6.07. The molecule has 9 nitrogen and oxygen atoms in total. The Morgan fingerprint density at radius 2 is 1.84 bits per heavy atom. The molecule has 3 heterocycles. The fourth-order valence-corrected chi connectivity index (χ4v) is 7.22. The number of hydrogen-bond acceptors (Lipinski definition) is 6. The van der Waals surface area contributed by atoms with Crippen molar-refractivity contribution in [3.05, 3.63) is 35.0 Å². The highest BCUT2D eigenvalue weighted by Crippen LogP contribution is 2.51. The van der Waals surface area contributed by atoms with Crippen LogP contribution < -0.4 is 5.32 Å². The van der Waals surface area contributed by atoms with Gasteiger partial charge in [-0.2, -0.15) is 18.3 Å². The lowest BCUT2D eigenvalue weighted by Gasteiger charge is -2.41. The standard InChI is InChI=1S/C30H40ClF4N5O4Si/c1-45(2,3)13-12-44-18-40-24(21-14-25(31)36-17-22(21)32)15-23(38-40)27(42)39-11-6-19(16-28(39)9-10-28)26(41)37-20-4-7-29(43,8-5-20)30(33,34)35/h14-15,17,19-20,43H,4-13,16,18H2,1-3H3,(H,37,41). The van der Waals surface area contributed by atoms with Gasteiger partial charge in [-0.3, -0.25) is 9.59 Å². The quantitative estimate of drug-likeness (QED) is 0.151. The van der Waals surface area contributed by atoms with Crippen molar-refractivity contribution in [2.24, 2.45) is 5.92 Å². The highest BCUT2D eigenvalue weighted by atomic mass is 35.5. The van der Waals surface area contributed by atoms with Gasteiger partial charge in [-0.15, -0.1) is 0 Å². The summed E-state index contributed by atoms with van der Waals surface area (Å²) in [5.41, 5.74) is -2.62. The molecule has 3 aliphatic rings. The third-order valence-electron chi connectivity index (χ3n) is 9.34. The van der Waals surface area contributed by atoms with Crippen LogP contribution in [0.5, 0.6) is 0 Å². The molecule has 0 bridgehead atoms. The molecule has 2 N–H and O–H groups in total. The van der Waals surface area contributed by atoms with Gasteiger partial charge in [0.1, 0.15) is 11.9 Å². The third-order valence-corrected chi connectivity index (χ3v) is 11.2. The molecule has 5 rings (SSSR count). The summed E-state index contributed by atoms with van der Waals surface area (Å²) in [6, 6.07) is 3.39. The minimum Gasteiger partial charge on any atom is -0.380 e. The number of aliphatic hydroxyl groups is 1. The number of ether oxygens (including phenoxy) is 1. The molecule has 45 heavy (non-hydrogen) atoms. The zero-order chi connectivity index (χ0) is 32.8. The monoisotopic (exact) mass is 673 g/mol. The first-order chi connectivity index (χ1) is 21.0. The lowest BCUT2D eigenvalue weighted by Crippen LogP contribution is -2.54. The molecule has 2 saturated carbocycles. The normalized spacial score (nSPS) is 25.0. The fraction of sp³-hybridized carbons (Fsp3) is 0.667. The number of carbonyl (C=O) groups is 2. The zero-order valence-corrected chi connectivity index (χ0v) is 27.5. The van der Waals surface area contributed by atoms with E-state index in [-0.39, 0.29) is 53.7 Å². The molecule has 1 unspecified atom stereocenters.